The molecule has 1 aliphatic heterocycles. The molecule has 1 N–H and O–H groups in total. The number of aryl methyl sites for hydroxylation is 1. The second kappa shape index (κ2) is 4.78. The lowest BCUT2D eigenvalue weighted by atomic mass is 10.1. The van der Waals surface area contributed by atoms with Gasteiger partial charge in [0, 0.05) is 24.9 Å². The number of ether oxygens (including phenoxy) is 1. The first kappa shape index (κ1) is 11.2. The highest BCUT2D eigenvalue weighted by Gasteiger charge is 2.15. The van der Waals surface area contributed by atoms with Gasteiger partial charge >= 0.3 is 0 Å². The van der Waals surface area contributed by atoms with Gasteiger partial charge in [-0.1, -0.05) is 12.1 Å². The third-order valence-corrected chi connectivity index (χ3v) is 3.13. The molecule has 1 aromatic heterocycles. The predicted molar refractivity (Wildman–Crippen MR) is 69.3 cm³/mol. The molecule has 5 heteroatoms. The maximum absolute atomic E-state index is 5.36. The van der Waals surface area contributed by atoms with E-state index in [1.807, 2.05) is 23.7 Å². The Kier molecular flexibility index (Phi) is 2.98. The van der Waals surface area contributed by atoms with Gasteiger partial charge in [-0.2, -0.15) is 0 Å². The molecule has 2 heterocycles. The molecule has 0 saturated carbocycles. The van der Waals surface area contributed by atoms with E-state index < -0.39 is 0 Å². The normalized spacial score (nSPS) is 19.1. The molecule has 1 saturated heterocycles. The van der Waals surface area contributed by atoms with Crippen molar-refractivity contribution in [3.8, 4) is 11.4 Å². The SMILES string of the molecule is Cn1cnnc1-c1cccc(NC2CCOC2)c1. The highest BCUT2D eigenvalue weighted by molar-refractivity contribution is 5.62. The Balaban J connectivity index is 1.82. The van der Waals surface area contributed by atoms with Crippen molar-refractivity contribution >= 4 is 5.69 Å². The zero-order valence-electron chi connectivity index (χ0n) is 10.3. The van der Waals surface area contributed by atoms with Crippen LogP contribution in [0.5, 0.6) is 0 Å². The molecule has 1 atom stereocenters. The smallest absolute Gasteiger partial charge is 0.163 e. The molecule has 1 aromatic carbocycles. The van der Waals surface area contributed by atoms with Crippen LogP contribution < -0.4 is 5.32 Å². The molecule has 0 amide bonds. The van der Waals surface area contributed by atoms with E-state index in [9.17, 15) is 0 Å². The lowest BCUT2D eigenvalue weighted by Crippen LogP contribution is -2.18. The van der Waals surface area contributed by atoms with Crippen LogP contribution in [0.25, 0.3) is 11.4 Å². The van der Waals surface area contributed by atoms with Crippen LogP contribution in [0.4, 0.5) is 5.69 Å². The van der Waals surface area contributed by atoms with Crippen molar-refractivity contribution in [3.05, 3.63) is 30.6 Å². The maximum Gasteiger partial charge on any atom is 0.163 e. The van der Waals surface area contributed by atoms with Gasteiger partial charge in [0.15, 0.2) is 5.82 Å². The average molecular weight is 244 g/mol. The van der Waals surface area contributed by atoms with Gasteiger partial charge in [-0.05, 0) is 18.6 Å². The van der Waals surface area contributed by atoms with Gasteiger partial charge in [0.25, 0.3) is 0 Å². The van der Waals surface area contributed by atoms with Gasteiger partial charge in [0.2, 0.25) is 0 Å². The molecule has 0 radical (unpaired) electrons. The summed E-state index contributed by atoms with van der Waals surface area (Å²) in [5.74, 6) is 0.876. The standard InChI is InChI=1S/C13H16N4O/c1-17-9-14-16-13(17)10-3-2-4-11(7-10)15-12-5-6-18-8-12/h2-4,7,9,12,15H,5-6,8H2,1H3. The summed E-state index contributed by atoms with van der Waals surface area (Å²) in [5.41, 5.74) is 2.17. The van der Waals surface area contributed by atoms with Gasteiger partial charge in [0.05, 0.1) is 12.6 Å². The highest BCUT2D eigenvalue weighted by atomic mass is 16.5. The van der Waals surface area contributed by atoms with E-state index in [0.717, 1.165) is 36.7 Å². The van der Waals surface area contributed by atoms with Crippen molar-refractivity contribution in [3.63, 3.8) is 0 Å². The quantitative estimate of drug-likeness (QED) is 0.892. The summed E-state index contributed by atoms with van der Waals surface area (Å²) in [6, 6.07) is 8.66. The third-order valence-electron chi connectivity index (χ3n) is 3.13. The van der Waals surface area contributed by atoms with Crippen molar-refractivity contribution in [2.75, 3.05) is 18.5 Å². The second-order valence-electron chi connectivity index (χ2n) is 4.55. The van der Waals surface area contributed by atoms with Crippen molar-refractivity contribution in [1.82, 2.24) is 14.8 Å². The van der Waals surface area contributed by atoms with E-state index in [1.54, 1.807) is 6.33 Å². The van der Waals surface area contributed by atoms with Gasteiger partial charge in [-0.3, -0.25) is 0 Å². The Morgan fingerprint density at radius 1 is 1.44 bits per heavy atom. The van der Waals surface area contributed by atoms with Crippen molar-refractivity contribution in [2.24, 2.45) is 7.05 Å². The molecule has 0 spiro atoms. The zero-order chi connectivity index (χ0) is 12.4. The minimum Gasteiger partial charge on any atom is -0.380 e. The van der Waals surface area contributed by atoms with Crippen LogP contribution in [0.2, 0.25) is 0 Å². The predicted octanol–water partition coefficient (Wildman–Crippen LogP) is 1.68. The van der Waals surface area contributed by atoms with Crippen LogP contribution in [-0.2, 0) is 11.8 Å². The number of rotatable bonds is 3. The molecule has 1 fully saturated rings. The Labute approximate surface area is 106 Å². The summed E-state index contributed by atoms with van der Waals surface area (Å²) >= 11 is 0. The molecule has 94 valence electrons. The summed E-state index contributed by atoms with van der Waals surface area (Å²) in [6.45, 7) is 1.63. The summed E-state index contributed by atoms with van der Waals surface area (Å²) in [6.07, 6.45) is 2.77. The molecule has 18 heavy (non-hydrogen) atoms. The van der Waals surface area contributed by atoms with Gasteiger partial charge < -0.3 is 14.6 Å². The Bertz CT molecular complexity index is 531. The Morgan fingerprint density at radius 3 is 3.11 bits per heavy atom. The third kappa shape index (κ3) is 2.22. The van der Waals surface area contributed by atoms with E-state index in [-0.39, 0.29) is 0 Å². The lowest BCUT2D eigenvalue weighted by molar-refractivity contribution is 0.195. The minimum absolute atomic E-state index is 0.416. The van der Waals surface area contributed by atoms with Crippen LogP contribution in [0.3, 0.4) is 0 Å². The monoisotopic (exact) mass is 244 g/mol. The second-order valence-corrected chi connectivity index (χ2v) is 4.55. The fraction of sp³-hybridized carbons (Fsp3) is 0.385. The lowest BCUT2D eigenvalue weighted by Gasteiger charge is -2.12. The Morgan fingerprint density at radius 2 is 2.39 bits per heavy atom. The van der Waals surface area contributed by atoms with Crippen LogP contribution in [0.15, 0.2) is 30.6 Å². The van der Waals surface area contributed by atoms with Crippen LogP contribution in [-0.4, -0.2) is 34.0 Å². The van der Waals surface area contributed by atoms with Crippen LogP contribution in [0.1, 0.15) is 6.42 Å². The molecule has 3 rings (SSSR count). The zero-order valence-corrected chi connectivity index (χ0v) is 10.3. The summed E-state index contributed by atoms with van der Waals surface area (Å²) in [4.78, 5) is 0. The van der Waals surface area contributed by atoms with E-state index in [4.69, 9.17) is 4.74 Å². The largest absolute Gasteiger partial charge is 0.380 e. The first-order valence-electron chi connectivity index (χ1n) is 6.11. The minimum atomic E-state index is 0.416. The van der Waals surface area contributed by atoms with Crippen molar-refractivity contribution in [2.45, 2.75) is 12.5 Å². The van der Waals surface area contributed by atoms with Gasteiger partial charge in [-0.25, -0.2) is 0 Å². The highest BCUT2D eigenvalue weighted by Crippen LogP contribution is 2.21. The van der Waals surface area contributed by atoms with Crippen LogP contribution in [0, 0.1) is 0 Å². The topological polar surface area (TPSA) is 52.0 Å². The molecule has 0 bridgehead atoms. The number of hydrogen-bond acceptors (Lipinski definition) is 4. The van der Waals surface area contributed by atoms with Gasteiger partial charge in [-0.15, -0.1) is 10.2 Å². The summed E-state index contributed by atoms with van der Waals surface area (Å²) in [7, 11) is 1.94. The van der Waals surface area contributed by atoms with E-state index in [1.165, 1.54) is 0 Å². The van der Waals surface area contributed by atoms with Crippen LogP contribution >= 0.6 is 0 Å². The average Bonchev–Trinajstić information content (AvgIpc) is 3.01. The number of nitrogens with one attached hydrogen (secondary N) is 1. The van der Waals surface area contributed by atoms with Gasteiger partial charge in [0.1, 0.15) is 6.33 Å². The first-order chi connectivity index (χ1) is 8.83. The Hall–Kier alpha value is -1.88. The van der Waals surface area contributed by atoms with E-state index in [2.05, 4.69) is 27.6 Å². The number of nitrogens with zero attached hydrogens (tertiary/aromatic N) is 3. The number of hydrogen-bond donors (Lipinski definition) is 1. The fourth-order valence-corrected chi connectivity index (χ4v) is 2.18. The molecular weight excluding hydrogens is 228 g/mol. The van der Waals surface area contributed by atoms with E-state index >= 15 is 0 Å². The number of aromatic nitrogens is 3. The maximum atomic E-state index is 5.36. The molecule has 5 nitrogen and oxygen atoms in total. The molecule has 1 unspecified atom stereocenters. The van der Waals surface area contributed by atoms with E-state index in [0.29, 0.717) is 6.04 Å². The molecular formula is C13H16N4O. The first-order valence-corrected chi connectivity index (χ1v) is 6.11. The number of anilines is 1. The molecule has 0 aliphatic carbocycles. The molecule has 2 aromatic rings. The number of benzene rings is 1. The fourth-order valence-electron chi connectivity index (χ4n) is 2.18. The van der Waals surface area contributed by atoms with Crippen molar-refractivity contribution in [1.29, 1.82) is 0 Å². The summed E-state index contributed by atoms with van der Waals surface area (Å²) < 4.78 is 7.28. The van der Waals surface area contributed by atoms with Crippen molar-refractivity contribution < 1.29 is 4.74 Å². The summed E-state index contributed by atoms with van der Waals surface area (Å²) in [5, 5.41) is 11.5. The molecule has 1 aliphatic rings.